The number of carboxylic acids is 1. The van der Waals surface area contributed by atoms with Crippen LogP contribution in [-0.4, -0.2) is 36.1 Å². The fraction of sp³-hybridized carbons (Fsp3) is 0.348. The molecular weight excluding hydrogens is 378 g/mol. The van der Waals surface area contributed by atoms with Gasteiger partial charge in [0.25, 0.3) is 0 Å². The second kappa shape index (κ2) is 10.6. The highest BCUT2D eigenvalue weighted by Crippen LogP contribution is 2.27. The van der Waals surface area contributed by atoms with Gasteiger partial charge < -0.3 is 14.6 Å². The van der Waals surface area contributed by atoms with E-state index in [1.54, 1.807) is 44.2 Å². The van der Waals surface area contributed by atoms with Crippen LogP contribution in [0.4, 0.5) is 8.78 Å². The van der Waals surface area contributed by atoms with Crippen LogP contribution in [0.1, 0.15) is 25.8 Å². The van der Waals surface area contributed by atoms with Gasteiger partial charge >= 0.3 is 5.97 Å². The van der Waals surface area contributed by atoms with Crippen molar-refractivity contribution >= 4 is 5.97 Å². The Hall–Kier alpha value is -2.91. The summed E-state index contributed by atoms with van der Waals surface area (Å²) in [7, 11) is 0. The van der Waals surface area contributed by atoms with Crippen molar-refractivity contribution < 1.29 is 28.2 Å². The zero-order chi connectivity index (χ0) is 21.3. The van der Waals surface area contributed by atoms with Crippen molar-refractivity contribution in [1.82, 2.24) is 0 Å². The molecule has 154 valence electrons. The summed E-state index contributed by atoms with van der Waals surface area (Å²) in [5, 5.41) is 9.13. The Kier molecular flexibility index (Phi) is 8.17. The molecule has 1 unspecified atom stereocenters. The zero-order valence-corrected chi connectivity index (χ0v) is 16.5. The molecule has 0 heterocycles. The fourth-order valence-corrected chi connectivity index (χ4v) is 2.63. The first-order valence-electron chi connectivity index (χ1n) is 9.30. The quantitative estimate of drug-likeness (QED) is 0.648. The van der Waals surface area contributed by atoms with Crippen LogP contribution < -0.4 is 4.74 Å². The van der Waals surface area contributed by atoms with E-state index in [0.717, 1.165) is 5.56 Å². The van der Waals surface area contributed by atoms with Crippen molar-refractivity contribution in [3.05, 3.63) is 65.5 Å². The number of benzene rings is 1. The molecule has 0 saturated carbocycles. The molecule has 6 heteroatoms. The van der Waals surface area contributed by atoms with Crippen LogP contribution in [0.3, 0.4) is 0 Å². The number of aliphatic carboxylic acids is 1. The molecule has 1 aliphatic carbocycles. The van der Waals surface area contributed by atoms with Crippen LogP contribution in [0.15, 0.2) is 60.0 Å². The third-order valence-electron chi connectivity index (χ3n) is 4.16. The summed E-state index contributed by atoms with van der Waals surface area (Å²) in [5.41, 5.74) is -0.547. The van der Waals surface area contributed by atoms with Crippen molar-refractivity contribution in [3.8, 4) is 17.6 Å². The molecule has 2 atom stereocenters. The van der Waals surface area contributed by atoms with Crippen LogP contribution in [-0.2, 0) is 16.0 Å². The normalized spacial score (nSPS) is 19.7. The van der Waals surface area contributed by atoms with Crippen LogP contribution in [0.25, 0.3) is 0 Å². The van der Waals surface area contributed by atoms with E-state index in [-0.39, 0.29) is 19.4 Å². The van der Waals surface area contributed by atoms with Crippen LogP contribution in [0, 0.1) is 11.8 Å². The first-order valence-corrected chi connectivity index (χ1v) is 9.30. The van der Waals surface area contributed by atoms with Gasteiger partial charge in [0.15, 0.2) is 11.8 Å². The summed E-state index contributed by atoms with van der Waals surface area (Å²) in [4.78, 5) is 11.1. The Morgan fingerprint density at radius 1 is 1.38 bits per heavy atom. The molecule has 0 bridgehead atoms. The SMILES string of the molecule is CCO[C@@H](Cc1ccc(OCC=C(C)C#CC2(F)C=CC=C(F)C2)cc1)C(=O)O. The summed E-state index contributed by atoms with van der Waals surface area (Å²) >= 11 is 0. The highest BCUT2D eigenvalue weighted by atomic mass is 19.1. The van der Waals surface area contributed by atoms with E-state index in [9.17, 15) is 13.6 Å². The predicted octanol–water partition coefficient (Wildman–Crippen LogP) is 4.57. The zero-order valence-electron chi connectivity index (χ0n) is 16.5. The Labute approximate surface area is 169 Å². The number of carbonyl (C=O) groups is 1. The van der Waals surface area contributed by atoms with Gasteiger partial charge in [0, 0.05) is 19.4 Å². The molecule has 1 aromatic carbocycles. The summed E-state index contributed by atoms with van der Waals surface area (Å²) in [6, 6.07) is 7.05. The molecule has 0 radical (unpaired) electrons. The van der Waals surface area contributed by atoms with E-state index >= 15 is 0 Å². The number of carboxylic acid groups (broad SMARTS) is 1. The van der Waals surface area contributed by atoms with Crippen molar-refractivity contribution in [2.45, 2.75) is 38.5 Å². The lowest BCUT2D eigenvalue weighted by molar-refractivity contribution is -0.149. The van der Waals surface area contributed by atoms with Gasteiger partial charge in [0.2, 0.25) is 0 Å². The molecule has 4 nitrogen and oxygen atoms in total. The number of allylic oxidation sites excluding steroid dienone is 5. The number of alkyl halides is 1. The molecule has 0 spiro atoms. The minimum atomic E-state index is -1.99. The fourth-order valence-electron chi connectivity index (χ4n) is 2.63. The molecule has 1 N–H and O–H groups in total. The Balaban J connectivity index is 1.87. The van der Waals surface area contributed by atoms with Crippen molar-refractivity contribution in [2.75, 3.05) is 13.2 Å². The second-order valence-corrected chi connectivity index (χ2v) is 6.59. The van der Waals surface area contributed by atoms with Crippen molar-refractivity contribution in [2.24, 2.45) is 0 Å². The number of hydrogen-bond donors (Lipinski definition) is 1. The Morgan fingerprint density at radius 2 is 2.10 bits per heavy atom. The number of ether oxygens (including phenoxy) is 2. The molecule has 2 rings (SSSR count). The number of halogens is 2. The summed E-state index contributed by atoms with van der Waals surface area (Å²) in [6.07, 6.45) is 4.52. The van der Waals surface area contributed by atoms with Crippen molar-refractivity contribution in [3.63, 3.8) is 0 Å². The first kappa shape index (κ1) is 22.4. The van der Waals surface area contributed by atoms with Crippen LogP contribution in [0.2, 0.25) is 0 Å². The van der Waals surface area contributed by atoms with Gasteiger partial charge in [-0.05, 0) is 55.3 Å². The molecule has 0 amide bonds. The lowest BCUT2D eigenvalue weighted by Crippen LogP contribution is -2.26. The van der Waals surface area contributed by atoms with Gasteiger partial charge in [-0.15, -0.1) is 0 Å². The minimum absolute atomic E-state index is 0.236. The van der Waals surface area contributed by atoms with Crippen LogP contribution in [0.5, 0.6) is 5.75 Å². The van der Waals surface area contributed by atoms with E-state index in [1.165, 1.54) is 18.2 Å². The van der Waals surface area contributed by atoms with Crippen LogP contribution >= 0.6 is 0 Å². The minimum Gasteiger partial charge on any atom is -0.490 e. The van der Waals surface area contributed by atoms with E-state index in [0.29, 0.717) is 17.9 Å². The third kappa shape index (κ3) is 7.55. The van der Waals surface area contributed by atoms with Gasteiger partial charge in [0.05, 0.1) is 0 Å². The average molecular weight is 402 g/mol. The van der Waals surface area contributed by atoms with Gasteiger partial charge in [0.1, 0.15) is 18.2 Å². The maximum absolute atomic E-state index is 14.4. The molecule has 0 saturated heterocycles. The summed E-state index contributed by atoms with van der Waals surface area (Å²) in [6.45, 7) is 4.04. The first-order chi connectivity index (χ1) is 13.8. The highest BCUT2D eigenvalue weighted by molar-refractivity contribution is 5.72. The molecule has 29 heavy (non-hydrogen) atoms. The van der Waals surface area contributed by atoms with Crippen molar-refractivity contribution in [1.29, 1.82) is 0 Å². The molecule has 0 aromatic heterocycles. The topological polar surface area (TPSA) is 55.8 Å². The highest BCUT2D eigenvalue weighted by Gasteiger charge is 2.27. The average Bonchev–Trinajstić information content (AvgIpc) is 2.67. The maximum Gasteiger partial charge on any atom is 0.333 e. The Bertz CT molecular complexity index is 859. The van der Waals surface area contributed by atoms with Gasteiger partial charge in [-0.1, -0.05) is 30.0 Å². The molecule has 0 fully saturated rings. The predicted molar refractivity (Wildman–Crippen MR) is 107 cm³/mol. The third-order valence-corrected chi connectivity index (χ3v) is 4.16. The molecule has 1 aliphatic rings. The molecular formula is C23H24F2O4. The van der Waals surface area contributed by atoms with Gasteiger partial charge in [-0.2, -0.15) is 0 Å². The van der Waals surface area contributed by atoms with E-state index in [2.05, 4.69) is 11.8 Å². The lowest BCUT2D eigenvalue weighted by atomic mass is 9.97. The largest absolute Gasteiger partial charge is 0.490 e. The number of rotatable bonds is 8. The van der Waals surface area contributed by atoms with Gasteiger partial charge in [-0.25, -0.2) is 13.6 Å². The van der Waals surface area contributed by atoms with E-state index in [1.807, 2.05) is 0 Å². The second-order valence-electron chi connectivity index (χ2n) is 6.59. The molecule has 0 aliphatic heterocycles. The van der Waals surface area contributed by atoms with Gasteiger partial charge in [-0.3, -0.25) is 0 Å². The number of hydrogen-bond acceptors (Lipinski definition) is 3. The standard InChI is InChI=1S/C23H24F2O4/c1-3-28-21(22(26)27)15-18-6-8-20(9-7-18)29-14-11-17(2)10-13-23(25)12-4-5-19(24)16-23/h4-9,11-12,21H,3,14-16H2,1-2H3,(H,26,27)/t21-,23?/m0/s1. The molecule has 1 aromatic rings. The van der Waals surface area contributed by atoms with E-state index in [4.69, 9.17) is 14.6 Å². The smallest absolute Gasteiger partial charge is 0.333 e. The maximum atomic E-state index is 14.4. The lowest BCUT2D eigenvalue weighted by Gasteiger charge is -2.16. The summed E-state index contributed by atoms with van der Waals surface area (Å²) < 4.78 is 38.4. The monoisotopic (exact) mass is 402 g/mol. The van der Waals surface area contributed by atoms with E-state index < -0.39 is 23.6 Å². The Morgan fingerprint density at radius 3 is 2.72 bits per heavy atom. The summed E-state index contributed by atoms with van der Waals surface area (Å²) in [5.74, 6) is 4.23.